The highest BCUT2D eigenvalue weighted by atomic mass is 16.1. The lowest BCUT2D eigenvalue weighted by atomic mass is 9.93. The topological polar surface area (TPSA) is 34.9 Å². The average molecular weight is 232 g/mol. The van der Waals surface area contributed by atoms with E-state index < -0.39 is 0 Å². The Morgan fingerprint density at radius 1 is 1.41 bits per heavy atom. The fourth-order valence-corrected chi connectivity index (χ4v) is 2.44. The van der Waals surface area contributed by atoms with E-state index in [1.54, 1.807) is 0 Å². The predicted molar refractivity (Wildman–Crippen MR) is 67.9 cm³/mol. The first-order valence-corrected chi connectivity index (χ1v) is 6.31. The van der Waals surface area contributed by atoms with Crippen molar-refractivity contribution in [3.05, 3.63) is 28.6 Å². The van der Waals surface area contributed by atoms with Crippen molar-refractivity contribution in [2.45, 2.75) is 46.0 Å². The number of aryl methyl sites for hydroxylation is 2. The van der Waals surface area contributed by atoms with Gasteiger partial charge in [-0.1, -0.05) is 6.08 Å². The zero-order valence-electron chi connectivity index (χ0n) is 10.9. The standard InChI is InChI=1S/C14H20N2O/c1-10-13(11(2)16(3)15-10)9-14(17)12-7-5-4-6-8-12/h7H,4-6,8-9H2,1-3H3. The van der Waals surface area contributed by atoms with Crippen molar-refractivity contribution in [1.82, 2.24) is 9.78 Å². The highest BCUT2D eigenvalue weighted by Crippen LogP contribution is 2.21. The smallest absolute Gasteiger partial charge is 0.163 e. The molecule has 3 heteroatoms. The number of aromatic nitrogens is 2. The summed E-state index contributed by atoms with van der Waals surface area (Å²) in [5, 5.41) is 4.35. The van der Waals surface area contributed by atoms with E-state index >= 15 is 0 Å². The number of carbonyl (C=O) groups excluding carboxylic acids is 1. The Bertz CT molecular complexity index is 469. The van der Waals surface area contributed by atoms with Crippen molar-refractivity contribution in [2.24, 2.45) is 7.05 Å². The molecular weight excluding hydrogens is 212 g/mol. The molecule has 0 fully saturated rings. The minimum absolute atomic E-state index is 0.281. The predicted octanol–water partition coefficient (Wildman–Crippen LogP) is 2.65. The van der Waals surface area contributed by atoms with E-state index in [-0.39, 0.29) is 5.78 Å². The third kappa shape index (κ3) is 2.48. The van der Waals surface area contributed by atoms with Gasteiger partial charge in [0.2, 0.25) is 0 Å². The SMILES string of the molecule is Cc1nn(C)c(C)c1CC(=O)C1=CCCCC1. The van der Waals surface area contributed by atoms with Gasteiger partial charge in [-0.2, -0.15) is 5.10 Å². The second kappa shape index (κ2) is 4.86. The maximum absolute atomic E-state index is 12.2. The van der Waals surface area contributed by atoms with Crippen LogP contribution in [0, 0.1) is 13.8 Å². The van der Waals surface area contributed by atoms with Gasteiger partial charge in [0.1, 0.15) is 0 Å². The van der Waals surface area contributed by atoms with E-state index in [9.17, 15) is 4.79 Å². The number of nitrogens with zero attached hydrogens (tertiary/aromatic N) is 2. The molecule has 1 aliphatic rings. The Morgan fingerprint density at radius 2 is 2.18 bits per heavy atom. The molecular formula is C14H20N2O. The van der Waals surface area contributed by atoms with E-state index in [2.05, 4.69) is 11.2 Å². The minimum Gasteiger partial charge on any atom is -0.294 e. The molecule has 0 bridgehead atoms. The molecule has 0 spiro atoms. The summed E-state index contributed by atoms with van der Waals surface area (Å²) in [6.07, 6.45) is 7.03. The van der Waals surface area contributed by atoms with Crippen LogP contribution in [0.15, 0.2) is 11.6 Å². The minimum atomic E-state index is 0.281. The van der Waals surface area contributed by atoms with Gasteiger partial charge >= 0.3 is 0 Å². The van der Waals surface area contributed by atoms with E-state index in [1.165, 1.54) is 6.42 Å². The maximum Gasteiger partial charge on any atom is 0.163 e. The molecule has 0 atom stereocenters. The normalized spacial score (nSPS) is 15.8. The molecule has 0 aliphatic heterocycles. The molecule has 0 N–H and O–H groups in total. The maximum atomic E-state index is 12.2. The average Bonchev–Trinajstić information content (AvgIpc) is 2.57. The van der Waals surface area contributed by atoms with Gasteiger partial charge in [0.15, 0.2) is 5.78 Å². The summed E-state index contributed by atoms with van der Waals surface area (Å²) in [5.41, 5.74) is 4.21. The number of Topliss-reactive ketones (excluding diaryl/α,β-unsaturated/α-hetero) is 1. The molecule has 0 radical (unpaired) electrons. The van der Waals surface area contributed by atoms with E-state index in [0.717, 1.165) is 41.8 Å². The highest BCUT2D eigenvalue weighted by Gasteiger charge is 2.17. The van der Waals surface area contributed by atoms with Crippen molar-refractivity contribution in [1.29, 1.82) is 0 Å². The first-order chi connectivity index (χ1) is 8.09. The van der Waals surface area contributed by atoms with Gasteiger partial charge in [-0.3, -0.25) is 9.48 Å². The van der Waals surface area contributed by atoms with Crippen LogP contribution >= 0.6 is 0 Å². The molecule has 2 rings (SSSR count). The Hall–Kier alpha value is -1.38. The third-order valence-electron chi connectivity index (χ3n) is 3.65. The summed E-state index contributed by atoms with van der Waals surface area (Å²) in [7, 11) is 1.93. The molecule has 1 heterocycles. The molecule has 1 aliphatic carbocycles. The van der Waals surface area contributed by atoms with Gasteiger partial charge in [0.05, 0.1) is 5.69 Å². The monoisotopic (exact) mass is 232 g/mol. The van der Waals surface area contributed by atoms with Gasteiger partial charge in [-0.05, 0) is 45.1 Å². The second-order valence-corrected chi connectivity index (χ2v) is 4.85. The Morgan fingerprint density at radius 3 is 2.71 bits per heavy atom. The molecule has 17 heavy (non-hydrogen) atoms. The Labute approximate surface area is 103 Å². The Kier molecular flexibility index (Phi) is 3.46. The lowest BCUT2D eigenvalue weighted by Crippen LogP contribution is -2.10. The lowest BCUT2D eigenvalue weighted by molar-refractivity contribution is -0.115. The summed E-state index contributed by atoms with van der Waals surface area (Å²) < 4.78 is 1.85. The zero-order chi connectivity index (χ0) is 12.4. The number of hydrogen-bond acceptors (Lipinski definition) is 2. The molecule has 0 unspecified atom stereocenters. The van der Waals surface area contributed by atoms with Gasteiger partial charge < -0.3 is 0 Å². The van der Waals surface area contributed by atoms with Crippen LogP contribution < -0.4 is 0 Å². The second-order valence-electron chi connectivity index (χ2n) is 4.85. The highest BCUT2D eigenvalue weighted by molar-refractivity contribution is 5.97. The summed E-state index contributed by atoms with van der Waals surface area (Å²) in [6, 6.07) is 0. The summed E-state index contributed by atoms with van der Waals surface area (Å²) in [6.45, 7) is 4.00. The van der Waals surface area contributed by atoms with Gasteiger partial charge in [0.25, 0.3) is 0 Å². The molecule has 0 amide bonds. The summed E-state index contributed by atoms with van der Waals surface area (Å²) in [4.78, 5) is 12.2. The van der Waals surface area contributed by atoms with E-state index in [1.807, 2.05) is 25.6 Å². The van der Waals surface area contributed by atoms with Crippen LogP contribution in [0.4, 0.5) is 0 Å². The zero-order valence-corrected chi connectivity index (χ0v) is 10.9. The van der Waals surface area contributed by atoms with Crippen LogP contribution in [0.2, 0.25) is 0 Å². The number of rotatable bonds is 3. The van der Waals surface area contributed by atoms with Crippen molar-refractivity contribution >= 4 is 5.78 Å². The third-order valence-corrected chi connectivity index (χ3v) is 3.65. The van der Waals surface area contributed by atoms with Crippen molar-refractivity contribution in [2.75, 3.05) is 0 Å². The quantitative estimate of drug-likeness (QED) is 0.803. The first kappa shape index (κ1) is 12.1. The van der Waals surface area contributed by atoms with Crippen LogP contribution in [0.5, 0.6) is 0 Å². The van der Waals surface area contributed by atoms with Gasteiger partial charge in [-0.15, -0.1) is 0 Å². The van der Waals surface area contributed by atoms with Crippen LogP contribution in [0.1, 0.15) is 42.6 Å². The largest absolute Gasteiger partial charge is 0.294 e. The fourth-order valence-electron chi connectivity index (χ4n) is 2.44. The lowest BCUT2D eigenvalue weighted by Gasteiger charge is -2.11. The number of hydrogen-bond donors (Lipinski definition) is 0. The first-order valence-electron chi connectivity index (χ1n) is 6.31. The fraction of sp³-hybridized carbons (Fsp3) is 0.571. The summed E-state index contributed by atoms with van der Waals surface area (Å²) >= 11 is 0. The molecule has 0 aromatic carbocycles. The van der Waals surface area contributed by atoms with Gasteiger partial charge in [-0.25, -0.2) is 0 Å². The Balaban J connectivity index is 2.15. The molecule has 0 saturated heterocycles. The molecule has 1 aromatic rings. The summed E-state index contributed by atoms with van der Waals surface area (Å²) in [5.74, 6) is 0.281. The van der Waals surface area contributed by atoms with Crippen LogP contribution in [-0.4, -0.2) is 15.6 Å². The molecule has 1 aromatic heterocycles. The molecule has 92 valence electrons. The molecule has 0 saturated carbocycles. The van der Waals surface area contributed by atoms with Crippen LogP contribution in [0.25, 0.3) is 0 Å². The molecule has 3 nitrogen and oxygen atoms in total. The van der Waals surface area contributed by atoms with Crippen molar-refractivity contribution in [3.63, 3.8) is 0 Å². The van der Waals surface area contributed by atoms with Crippen molar-refractivity contribution in [3.8, 4) is 0 Å². The van der Waals surface area contributed by atoms with Crippen molar-refractivity contribution < 1.29 is 4.79 Å². The van der Waals surface area contributed by atoms with Crippen LogP contribution in [-0.2, 0) is 18.3 Å². The number of carbonyl (C=O) groups is 1. The van der Waals surface area contributed by atoms with E-state index in [0.29, 0.717) is 6.42 Å². The number of allylic oxidation sites excluding steroid dienone is 2. The van der Waals surface area contributed by atoms with E-state index in [4.69, 9.17) is 0 Å². The van der Waals surface area contributed by atoms with Crippen LogP contribution in [0.3, 0.4) is 0 Å². The number of ketones is 1. The van der Waals surface area contributed by atoms with Gasteiger partial charge in [0, 0.05) is 24.7 Å².